The number of nitrogens with one attached hydrogen (secondary N) is 1. The van der Waals surface area contributed by atoms with Crippen molar-refractivity contribution in [2.75, 3.05) is 11.4 Å². The van der Waals surface area contributed by atoms with E-state index in [9.17, 15) is 9.18 Å². The summed E-state index contributed by atoms with van der Waals surface area (Å²) in [4.78, 5) is 31.9. The number of halogens is 1. The Bertz CT molecular complexity index is 1390. The molecule has 0 fully saturated rings. The van der Waals surface area contributed by atoms with Crippen LogP contribution in [0, 0.1) is 19.8 Å². The van der Waals surface area contributed by atoms with Crippen molar-refractivity contribution in [1.82, 2.24) is 25.3 Å². The Morgan fingerprint density at radius 3 is 2.63 bits per heavy atom. The summed E-state index contributed by atoms with van der Waals surface area (Å²) in [6, 6.07) is 9.15. The van der Waals surface area contributed by atoms with Gasteiger partial charge < -0.3 is 10.2 Å². The topological polar surface area (TPSA) is 83.9 Å². The summed E-state index contributed by atoms with van der Waals surface area (Å²) in [7, 11) is 0. The third kappa shape index (κ3) is 4.87. The molecular weight excluding hydrogens is 443 g/mol. The fraction of sp³-hybridized carbons (Fsp3) is 0.222. The summed E-state index contributed by atoms with van der Waals surface area (Å²) < 4.78 is 13.4. The molecule has 8 heteroatoms. The van der Waals surface area contributed by atoms with Crippen molar-refractivity contribution >= 4 is 11.7 Å². The second kappa shape index (κ2) is 9.58. The van der Waals surface area contributed by atoms with Gasteiger partial charge in [-0.1, -0.05) is 0 Å². The van der Waals surface area contributed by atoms with Crippen LogP contribution < -0.4 is 10.2 Å². The minimum absolute atomic E-state index is 0.162. The molecule has 1 amide bonds. The van der Waals surface area contributed by atoms with Gasteiger partial charge in [-0.3, -0.25) is 14.8 Å². The molecule has 1 aliphatic rings. The van der Waals surface area contributed by atoms with Crippen molar-refractivity contribution < 1.29 is 9.18 Å². The average molecular weight is 469 g/mol. The van der Waals surface area contributed by atoms with Crippen molar-refractivity contribution in [3.63, 3.8) is 0 Å². The molecule has 0 atom stereocenters. The van der Waals surface area contributed by atoms with Gasteiger partial charge in [0.25, 0.3) is 5.91 Å². The molecule has 1 N–H and O–H groups in total. The fourth-order valence-electron chi connectivity index (χ4n) is 4.39. The predicted molar refractivity (Wildman–Crippen MR) is 131 cm³/mol. The molecule has 5 heterocycles. The number of fused-ring (bicyclic) bond motifs is 1. The van der Waals surface area contributed by atoms with Crippen LogP contribution in [0.25, 0.3) is 11.1 Å². The normalized spacial score (nSPS) is 12.8. The minimum atomic E-state index is -0.487. The molecule has 5 rings (SSSR count). The summed E-state index contributed by atoms with van der Waals surface area (Å²) >= 11 is 0. The van der Waals surface area contributed by atoms with Gasteiger partial charge in [0, 0.05) is 73.9 Å². The monoisotopic (exact) mass is 468 g/mol. The SMILES string of the molecule is Cc1cc(F)ncc1-c1cnc2c(c1)CN(c1ncc(C(=O)NCc3ccncc3)cc1C)CC2. The summed E-state index contributed by atoms with van der Waals surface area (Å²) in [6.07, 6.45) is 9.22. The number of anilines is 1. The van der Waals surface area contributed by atoms with Crippen LogP contribution in [0.4, 0.5) is 10.2 Å². The maximum Gasteiger partial charge on any atom is 0.253 e. The van der Waals surface area contributed by atoms with Crippen LogP contribution in [0.1, 0.15) is 38.3 Å². The van der Waals surface area contributed by atoms with E-state index in [4.69, 9.17) is 0 Å². The van der Waals surface area contributed by atoms with Crippen LogP contribution in [-0.2, 0) is 19.5 Å². The van der Waals surface area contributed by atoms with Gasteiger partial charge >= 0.3 is 0 Å². The Kier molecular flexibility index (Phi) is 6.18. The molecule has 0 aliphatic carbocycles. The molecule has 0 aromatic carbocycles. The highest BCUT2D eigenvalue weighted by Gasteiger charge is 2.21. The van der Waals surface area contributed by atoms with Gasteiger partial charge in [0.15, 0.2) is 0 Å². The fourth-order valence-corrected chi connectivity index (χ4v) is 4.39. The van der Waals surface area contributed by atoms with E-state index in [1.807, 2.05) is 38.2 Å². The molecule has 1 aliphatic heterocycles. The van der Waals surface area contributed by atoms with Gasteiger partial charge in [0.05, 0.1) is 5.56 Å². The van der Waals surface area contributed by atoms with Gasteiger partial charge in [0.1, 0.15) is 5.82 Å². The Morgan fingerprint density at radius 2 is 1.86 bits per heavy atom. The third-order valence-electron chi connectivity index (χ3n) is 6.24. The summed E-state index contributed by atoms with van der Waals surface area (Å²) in [5.41, 5.74) is 7.23. The van der Waals surface area contributed by atoms with E-state index in [0.29, 0.717) is 18.7 Å². The van der Waals surface area contributed by atoms with Crippen molar-refractivity contribution in [3.8, 4) is 11.1 Å². The molecule has 0 saturated carbocycles. The molecule has 35 heavy (non-hydrogen) atoms. The number of carbonyl (C=O) groups is 1. The molecule has 0 radical (unpaired) electrons. The number of carbonyl (C=O) groups excluding carboxylic acids is 1. The first kappa shape index (κ1) is 22.6. The first-order valence-corrected chi connectivity index (χ1v) is 11.5. The van der Waals surface area contributed by atoms with Gasteiger partial charge in [-0.25, -0.2) is 9.97 Å². The van der Waals surface area contributed by atoms with Crippen LogP contribution in [0.2, 0.25) is 0 Å². The van der Waals surface area contributed by atoms with E-state index in [-0.39, 0.29) is 5.91 Å². The van der Waals surface area contributed by atoms with Crippen LogP contribution >= 0.6 is 0 Å². The van der Waals surface area contributed by atoms with Crippen molar-refractivity contribution in [1.29, 1.82) is 0 Å². The zero-order valence-electron chi connectivity index (χ0n) is 19.6. The van der Waals surface area contributed by atoms with E-state index in [0.717, 1.165) is 57.9 Å². The van der Waals surface area contributed by atoms with Crippen LogP contribution in [0.3, 0.4) is 0 Å². The number of aryl methyl sites for hydroxylation is 2. The van der Waals surface area contributed by atoms with E-state index in [2.05, 4.69) is 36.2 Å². The van der Waals surface area contributed by atoms with E-state index < -0.39 is 5.95 Å². The molecule has 0 spiro atoms. The first-order chi connectivity index (χ1) is 17.0. The van der Waals surface area contributed by atoms with Crippen LogP contribution in [-0.4, -0.2) is 32.4 Å². The van der Waals surface area contributed by atoms with Crippen LogP contribution in [0.15, 0.2) is 61.3 Å². The smallest absolute Gasteiger partial charge is 0.253 e. The average Bonchev–Trinajstić information content (AvgIpc) is 2.87. The lowest BCUT2D eigenvalue weighted by molar-refractivity contribution is 0.0950. The van der Waals surface area contributed by atoms with Gasteiger partial charge in [-0.05, 0) is 66.4 Å². The quantitative estimate of drug-likeness (QED) is 0.443. The second-order valence-corrected chi connectivity index (χ2v) is 8.73. The highest BCUT2D eigenvalue weighted by molar-refractivity contribution is 5.94. The number of hydrogen-bond acceptors (Lipinski definition) is 6. The Balaban J connectivity index is 1.32. The Labute approximate surface area is 203 Å². The molecule has 7 nitrogen and oxygen atoms in total. The van der Waals surface area contributed by atoms with Gasteiger partial charge in [-0.2, -0.15) is 4.39 Å². The molecular formula is C27H25FN6O. The summed E-state index contributed by atoms with van der Waals surface area (Å²) in [5.74, 6) is 0.204. The molecule has 0 bridgehead atoms. The number of amides is 1. The number of hydrogen-bond donors (Lipinski definition) is 1. The highest BCUT2D eigenvalue weighted by atomic mass is 19.1. The Hall–Kier alpha value is -4.20. The predicted octanol–water partition coefficient (Wildman–Crippen LogP) is 4.18. The van der Waals surface area contributed by atoms with E-state index >= 15 is 0 Å². The standard InChI is InChI=1S/C27H25FN6O/c1-17-10-25(28)31-15-23(17)20-11-22-16-34(8-5-24(22)30-13-20)26-18(2)9-21(14-32-26)27(35)33-12-19-3-6-29-7-4-19/h3-4,6-7,9-11,13-15H,5,8,12,16H2,1-2H3,(H,33,35). The summed E-state index contributed by atoms with van der Waals surface area (Å²) in [6.45, 7) is 5.72. The lowest BCUT2D eigenvalue weighted by atomic mass is 9.98. The molecule has 0 unspecified atom stereocenters. The lowest BCUT2D eigenvalue weighted by Gasteiger charge is -2.30. The first-order valence-electron chi connectivity index (χ1n) is 11.5. The van der Waals surface area contributed by atoms with Crippen molar-refractivity contribution in [2.45, 2.75) is 33.4 Å². The van der Waals surface area contributed by atoms with E-state index in [1.54, 1.807) is 24.8 Å². The largest absolute Gasteiger partial charge is 0.352 e. The van der Waals surface area contributed by atoms with E-state index in [1.165, 1.54) is 6.07 Å². The van der Waals surface area contributed by atoms with Gasteiger partial charge in [0.2, 0.25) is 5.95 Å². The van der Waals surface area contributed by atoms with Crippen LogP contribution in [0.5, 0.6) is 0 Å². The van der Waals surface area contributed by atoms with Gasteiger partial charge in [-0.15, -0.1) is 0 Å². The number of rotatable bonds is 5. The van der Waals surface area contributed by atoms with Crippen molar-refractivity contribution in [2.24, 2.45) is 0 Å². The zero-order valence-corrected chi connectivity index (χ0v) is 19.6. The zero-order chi connectivity index (χ0) is 24.4. The maximum atomic E-state index is 13.4. The molecule has 4 aromatic heterocycles. The molecule has 176 valence electrons. The maximum absolute atomic E-state index is 13.4. The second-order valence-electron chi connectivity index (χ2n) is 8.73. The lowest BCUT2D eigenvalue weighted by Crippen LogP contribution is -2.32. The minimum Gasteiger partial charge on any atom is -0.352 e. The third-order valence-corrected chi connectivity index (χ3v) is 6.24. The summed E-state index contributed by atoms with van der Waals surface area (Å²) in [5, 5.41) is 2.93. The number of aromatic nitrogens is 4. The highest BCUT2D eigenvalue weighted by Crippen LogP contribution is 2.29. The number of nitrogens with zero attached hydrogens (tertiary/aromatic N) is 5. The molecule has 0 saturated heterocycles. The number of pyridine rings is 4. The Morgan fingerprint density at radius 1 is 1.03 bits per heavy atom. The molecule has 4 aromatic rings. The van der Waals surface area contributed by atoms with Crippen molar-refractivity contribution in [3.05, 3.63) is 101 Å².